The largest absolute Gasteiger partial charge is 0.493 e. The maximum absolute atomic E-state index is 14.7. The van der Waals surface area contributed by atoms with Gasteiger partial charge < -0.3 is 45.4 Å². The van der Waals surface area contributed by atoms with E-state index in [1.807, 2.05) is 0 Å². The highest BCUT2D eigenvalue weighted by atomic mass is 35.5. The highest BCUT2D eigenvalue weighted by Gasteiger charge is 2.37. The molecule has 45 heavy (non-hydrogen) atoms. The van der Waals surface area contributed by atoms with Crippen LogP contribution in [0.2, 0.25) is 5.02 Å². The summed E-state index contributed by atoms with van der Waals surface area (Å²) in [6.45, 7) is 1.23. The second-order valence-electron chi connectivity index (χ2n) is 11.6. The first-order valence-corrected chi connectivity index (χ1v) is 15.5. The normalized spacial score (nSPS) is 18.6. The van der Waals surface area contributed by atoms with E-state index in [9.17, 15) is 34.4 Å². The molecular weight excluding hydrogens is 613 g/mol. The Hall–Kier alpha value is -3.14. The zero-order chi connectivity index (χ0) is 32.5. The third-order valence-electron chi connectivity index (χ3n) is 8.31. The van der Waals surface area contributed by atoms with Gasteiger partial charge >= 0.3 is 0 Å². The van der Waals surface area contributed by atoms with Crippen LogP contribution in [-0.2, 0) is 16.0 Å². The van der Waals surface area contributed by atoms with Crippen LogP contribution in [-0.4, -0.2) is 123 Å². The van der Waals surface area contributed by atoms with Gasteiger partial charge in [0, 0.05) is 38.8 Å². The van der Waals surface area contributed by atoms with E-state index in [2.05, 4.69) is 20.2 Å². The van der Waals surface area contributed by atoms with Gasteiger partial charge in [-0.05, 0) is 43.2 Å². The lowest BCUT2D eigenvalue weighted by atomic mass is 9.92. The Morgan fingerprint density at radius 3 is 2.38 bits per heavy atom. The average molecular weight is 654 g/mol. The number of carbonyl (C=O) groups is 2. The van der Waals surface area contributed by atoms with Gasteiger partial charge in [-0.1, -0.05) is 17.7 Å². The van der Waals surface area contributed by atoms with E-state index in [-0.39, 0.29) is 31.0 Å². The molecule has 2 amide bonds. The van der Waals surface area contributed by atoms with Crippen LogP contribution in [0.4, 0.5) is 10.3 Å². The summed E-state index contributed by atoms with van der Waals surface area (Å²) in [7, 11) is 0. The molecule has 2 aliphatic rings. The lowest BCUT2D eigenvalue weighted by Crippen LogP contribution is -2.57. The minimum absolute atomic E-state index is 0.117. The van der Waals surface area contributed by atoms with E-state index in [1.165, 1.54) is 17.0 Å². The topological polar surface area (TPSA) is 189 Å². The summed E-state index contributed by atoms with van der Waals surface area (Å²) in [5, 5.41) is 50.6. The molecule has 6 N–H and O–H groups in total. The van der Waals surface area contributed by atoms with E-state index >= 15 is 0 Å². The fraction of sp³-hybridized carbons (Fsp3) is 0.600. The van der Waals surface area contributed by atoms with Gasteiger partial charge in [0.15, 0.2) is 0 Å². The number of halogens is 2. The Morgan fingerprint density at radius 2 is 1.73 bits per heavy atom. The summed E-state index contributed by atoms with van der Waals surface area (Å²) in [6.07, 6.45) is 0.112. The van der Waals surface area contributed by atoms with Gasteiger partial charge in [0.05, 0.1) is 49.1 Å². The Bertz CT molecular complexity index is 1260. The summed E-state index contributed by atoms with van der Waals surface area (Å²) in [5.74, 6) is -0.238. The number of ether oxygens (including phenoxy) is 1. The van der Waals surface area contributed by atoms with E-state index in [0.717, 1.165) is 38.8 Å². The number of aliphatic hydroxyl groups is 5. The fourth-order valence-electron chi connectivity index (χ4n) is 5.37. The second-order valence-corrected chi connectivity index (χ2v) is 12.0. The Labute approximate surface area is 265 Å². The maximum atomic E-state index is 14.7. The first kappa shape index (κ1) is 34.7. The molecule has 4 atom stereocenters. The van der Waals surface area contributed by atoms with Crippen LogP contribution in [0.15, 0.2) is 30.6 Å². The number of likely N-dealkylation sites (tertiary alicyclic amines) is 1. The number of aromatic nitrogens is 2. The zero-order valence-electron chi connectivity index (χ0n) is 24.8. The third kappa shape index (κ3) is 9.67. The van der Waals surface area contributed by atoms with Crippen LogP contribution in [0.25, 0.3) is 0 Å². The fourth-order valence-corrected chi connectivity index (χ4v) is 5.47. The molecule has 4 rings (SSSR count). The van der Waals surface area contributed by atoms with Gasteiger partial charge in [-0.25, -0.2) is 14.4 Å². The first-order chi connectivity index (χ1) is 21.5. The van der Waals surface area contributed by atoms with Crippen molar-refractivity contribution >= 4 is 29.4 Å². The molecule has 0 aliphatic carbocycles. The zero-order valence-corrected chi connectivity index (χ0v) is 25.6. The third-order valence-corrected chi connectivity index (χ3v) is 8.51. The second kappa shape index (κ2) is 16.4. The SMILES string of the molecule is O=C(NC[C@H](O)[C@@H](O)[C@H](O)[C@H](O)CO)C1CN(C(=O)Cc2ccc(OCCCC3CCN(c4ncc(Cl)cn4)CC3)cc2F)C1. The van der Waals surface area contributed by atoms with Crippen LogP contribution in [0.3, 0.4) is 0 Å². The summed E-state index contributed by atoms with van der Waals surface area (Å²) in [4.78, 5) is 37.1. The van der Waals surface area contributed by atoms with Gasteiger partial charge in [-0.2, -0.15) is 0 Å². The van der Waals surface area contributed by atoms with Crippen molar-refractivity contribution in [3.05, 3.63) is 47.0 Å². The van der Waals surface area contributed by atoms with Gasteiger partial charge in [0.2, 0.25) is 17.8 Å². The lowest BCUT2D eigenvalue weighted by molar-refractivity contribution is -0.143. The number of hydrogen-bond donors (Lipinski definition) is 6. The molecule has 2 saturated heterocycles. The van der Waals surface area contributed by atoms with Crippen LogP contribution in [0.5, 0.6) is 5.75 Å². The number of aliphatic hydroxyl groups excluding tert-OH is 5. The number of hydrogen-bond acceptors (Lipinski definition) is 11. The van der Waals surface area contributed by atoms with Crippen molar-refractivity contribution in [1.29, 1.82) is 0 Å². The molecule has 0 bridgehead atoms. The number of benzene rings is 1. The molecule has 0 unspecified atom stereocenters. The van der Waals surface area contributed by atoms with Crippen LogP contribution >= 0.6 is 11.6 Å². The quantitative estimate of drug-likeness (QED) is 0.141. The van der Waals surface area contributed by atoms with Crippen LogP contribution in [0.1, 0.15) is 31.2 Å². The molecule has 248 valence electrons. The molecule has 1 aromatic heterocycles. The average Bonchev–Trinajstić information content (AvgIpc) is 3.02. The van der Waals surface area contributed by atoms with E-state index < -0.39 is 55.2 Å². The van der Waals surface area contributed by atoms with E-state index in [1.54, 1.807) is 18.5 Å². The highest BCUT2D eigenvalue weighted by Crippen LogP contribution is 2.25. The molecule has 0 radical (unpaired) electrons. The Kier molecular flexibility index (Phi) is 12.7. The number of piperidine rings is 1. The Balaban J connectivity index is 1.10. The van der Waals surface area contributed by atoms with Crippen LogP contribution < -0.4 is 15.0 Å². The summed E-state index contributed by atoms with van der Waals surface area (Å²) in [5.41, 5.74) is 0.220. The summed E-state index contributed by atoms with van der Waals surface area (Å²) in [6, 6.07) is 4.44. The highest BCUT2D eigenvalue weighted by molar-refractivity contribution is 6.30. The predicted octanol–water partition coefficient (Wildman–Crippen LogP) is -0.102. The molecular formula is C30H41ClFN5O8. The van der Waals surface area contributed by atoms with E-state index in [4.69, 9.17) is 21.4 Å². The molecule has 1 aromatic carbocycles. The summed E-state index contributed by atoms with van der Waals surface area (Å²) < 4.78 is 20.5. The lowest BCUT2D eigenvalue weighted by Gasteiger charge is -2.38. The smallest absolute Gasteiger partial charge is 0.227 e. The molecule has 0 spiro atoms. The van der Waals surface area contributed by atoms with Crippen molar-refractivity contribution in [3.8, 4) is 5.75 Å². The van der Waals surface area contributed by atoms with Crippen molar-refractivity contribution in [2.75, 3.05) is 50.8 Å². The standard InChI is InChI=1S/C30H41ClFN5O8/c31-21-12-34-30(35-13-21)36-7-5-18(6-8-36)2-1-9-45-22-4-3-19(23(32)11-22)10-26(41)37-15-20(16-37)29(44)33-14-24(39)27(42)28(43)25(40)17-38/h3-4,11-13,18,20,24-25,27-28,38-40,42-43H,1-2,5-10,14-17H2,(H,33,44)/t24-,25+,27+,28+/m0/s1. The monoisotopic (exact) mass is 653 g/mol. The molecule has 0 saturated carbocycles. The molecule has 3 heterocycles. The minimum Gasteiger partial charge on any atom is -0.493 e. The van der Waals surface area contributed by atoms with Gasteiger partial charge in [-0.3, -0.25) is 9.59 Å². The number of nitrogens with zero attached hydrogens (tertiary/aromatic N) is 4. The number of nitrogens with one attached hydrogen (secondary N) is 1. The minimum atomic E-state index is -1.79. The van der Waals surface area contributed by atoms with Crippen molar-refractivity contribution < 1.29 is 44.2 Å². The number of amides is 2. The number of carbonyl (C=O) groups excluding carboxylic acids is 2. The molecule has 15 heteroatoms. The number of anilines is 1. The van der Waals surface area contributed by atoms with E-state index in [0.29, 0.717) is 29.2 Å². The summed E-state index contributed by atoms with van der Waals surface area (Å²) >= 11 is 5.87. The Morgan fingerprint density at radius 1 is 1.07 bits per heavy atom. The van der Waals surface area contributed by atoms with Crippen molar-refractivity contribution in [2.45, 2.75) is 56.5 Å². The molecule has 2 fully saturated rings. The number of rotatable bonds is 15. The predicted molar refractivity (Wildman–Crippen MR) is 161 cm³/mol. The molecule has 2 aromatic rings. The van der Waals surface area contributed by atoms with Gasteiger partial charge in [0.1, 0.15) is 29.9 Å². The van der Waals surface area contributed by atoms with Crippen molar-refractivity contribution in [2.24, 2.45) is 11.8 Å². The molecule has 13 nitrogen and oxygen atoms in total. The molecule has 2 aliphatic heterocycles. The van der Waals surface area contributed by atoms with Gasteiger partial charge in [-0.15, -0.1) is 0 Å². The van der Waals surface area contributed by atoms with Crippen molar-refractivity contribution in [3.63, 3.8) is 0 Å². The van der Waals surface area contributed by atoms with Crippen LogP contribution in [0, 0.1) is 17.7 Å². The first-order valence-electron chi connectivity index (χ1n) is 15.1. The van der Waals surface area contributed by atoms with Gasteiger partial charge in [0.25, 0.3) is 0 Å². The maximum Gasteiger partial charge on any atom is 0.227 e. The van der Waals surface area contributed by atoms with Crippen molar-refractivity contribution in [1.82, 2.24) is 20.2 Å².